The molecule has 3 rings (SSSR count). The molecule has 0 bridgehead atoms. The average Bonchev–Trinajstić information content (AvgIpc) is 2.91. The molecule has 0 saturated heterocycles. The summed E-state index contributed by atoms with van der Waals surface area (Å²) >= 11 is 1.37. The van der Waals surface area contributed by atoms with Gasteiger partial charge in [0, 0.05) is 5.38 Å². The van der Waals surface area contributed by atoms with E-state index in [9.17, 15) is 9.59 Å². The third-order valence-electron chi connectivity index (χ3n) is 3.32. The molecule has 0 saturated carbocycles. The number of thiazole rings is 1. The van der Waals surface area contributed by atoms with Gasteiger partial charge in [-0.05, 0) is 31.5 Å². The molecular weight excluding hydrogens is 316 g/mol. The number of urea groups is 1. The van der Waals surface area contributed by atoms with E-state index in [1.807, 2.05) is 25.3 Å². The van der Waals surface area contributed by atoms with E-state index in [2.05, 4.69) is 20.9 Å². The van der Waals surface area contributed by atoms with Crippen LogP contribution in [0.15, 0.2) is 23.6 Å². The Labute approximate surface area is 137 Å². The Balaban J connectivity index is 1.66. The molecule has 120 valence electrons. The molecule has 1 atom stereocenters. The van der Waals surface area contributed by atoms with Crippen molar-refractivity contribution in [3.63, 3.8) is 0 Å². The fraction of sp³-hybridized carbons (Fsp3) is 0.267. The summed E-state index contributed by atoms with van der Waals surface area (Å²) in [6, 6.07) is 4.87. The molecule has 0 aliphatic carbocycles. The molecule has 0 fully saturated rings. The fourth-order valence-electron chi connectivity index (χ4n) is 2.19. The van der Waals surface area contributed by atoms with E-state index in [0.29, 0.717) is 16.6 Å². The second kappa shape index (κ2) is 6.25. The number of aryl methyl sites for hydroxylation is 1. The number of fused-ring (bicyclic) bond motifs is 1. The van der Waals surface area contributed by atoms with E-state index in [1.165, 1.54) is 11.3 Å². The van der Waals surface area contributed by atoms with Crippen molar-refractivity contribution in [2.45, 2.75) is 19.9 Å². The first-order valence-corrected chi connectivity index (χ1v) is 7.95. The lowest BCUT2D eigenvalue weighted by Gasteiger charge is -2.20. The van der Waals surface area contributed by atoms with E-state index in [1.54, 1.807) is 12.1 Å². The van der Waals surface area contributed by atoms with Crippen LogP contribution in [0.2, 0.25) is 0 Å². The van der Waals surface area contributed by atoms with Crippen molar-refractivity contribution in [3.05, 3.63) is 34.8 Å². The van der Waals surface area contributed by atoms with Gasteiger partial charge in [-0.3, -0.25) is 10.1 Å². The summed E-state index contributed by atoms with van der Waals surface area (Å²) in [5, 5.41) is 10.7. The van der Waals surface area contributed by atoms with Gasteiger partial charge < -0.3 is 15.4 Å². The van der Waals surface area contributed by atoms with Gasteiger partial charge in [-0.1, -0.05) is 6.07 Å². The Morgan fingerprint density at radius 2 is 2.30 bits per heavy atom. The van der Waals surface area contributed by atoms with Crippen LogP contribution in [0.25, 0.3) is 0 Å². The van der Waals surface area contributed by atoms with Crippen molar-refractivity contribution in [3.8, 4) is 5.75 Å². The Kier molecular flexibility index (Phi) is 4.16. The standard InChI is InChI=1S/C15H16N4O3S/c1-8-7-23-15(16-8)19-14(21)17-9(2)10-3-4-12-11(5-10)18-13(20)6-22-12/h3-5,7,9H,6H2,1-2H3,(H,18,20)(H2,16,17,19,21). The van der Waals surface area contributed by atoms with Gasteiger partial charge in [0.1, 0.15) is 5.75 Å². The van der Waals surface area contributed by atoms with E-state index < -0.39 is 0 Å². The lowest BCUT2D eigenvalue weighted by atomic mass is 10.1. The Morgan fingerprint density at radius 3 is 3.04 bits per heavy atom. The SMILES string of the molecule is Cc1csc(NC(=O)NC(C)c2ccc3c(c2)NC(=O)CO3)n1. The van der Waals surface area contributed by atoms with Gasteiger partial charge in [-0.25, -0.2) is 9.78 Å². The van der Waals surface area contributed by atoms with Crippen molar-refractivity contribution in [2.24, 2.45) is 0 Å². The molecule has 1 unspecified atom stereocenters. The molecule has 2 aromatic rings. The van der Waals surface area contributed by atoms with Crippen LogP contribution in [0.4, 0.5) is 15.6 Å². The highest BCUT2D eigenvalue weighted by molar-refractivity contribution is 7.13. The van der Waals surface area contributed by atoms with Gasteiger partial charge in [0.25, 0.3) is 5.91 Å². The molecule has 1 aromatic carbocycles. The number of amides is 3. The highest BCUT2D eigenvalue weighted by atomic mass is 32.1. The highest BCUT2D eigenvalue weighted by Crippen LogP contribution is 2.30. The summed E-state index contributed by atoms with van der Waals surface area (Å²) in [4.78, 5) is 27.5. The van der Waals surface area contributed by atoms with Crippen molar-refractivity contribution < 1.29 is 14.3 Å². The summed E-state index contributed by atoms with van der Waals surface area (Å²) in [5.41, 5.74) is 2.34. The first-order chi connectivity index (χ1) is 11.0. The molecular formula is C15H16N4O3S. The number of anilines is 2. The van der Waals surface area contributed by atoms with Crippen LogP contribution < -0.4 is 20.7 Å². The van der Waals surface area contributed by atoms with E-state index in [-0.39, 0.29) is 24.6 Å². The maximum Gasteiger partial charge on any atom is 0.321 e. The monoisotopic (exact) mass is 332 g/mol. The third kappa shape index (κ3) is 3.59. The summed E-state index contributed by atoms with van der Waals surface area (Å²) < 4.78 is 5.31. The largest absolute Gasteiger partial charge is 0.482 e. The van der Waals surface area contributed by atoms with Gasteiger partial charge in [0.05, 0.1) is 17.4 Å². The summed E-state index contributed by atoms with van der Waals surface area (Å²) in [6.07, 6.45) is 0. The Morgan fingerprint density at radius 1 is 1.48 bits per heavy atom. The first-order valence-electron chi connectivity index (χ1n) is 7.07. The number of nitrogens with zero attached hydrogens (tertiary/aromatic N) is 1. The van der Waals surface area contributed by atoms with Gasteiger partial charge in [-0.2, -0.15) is 0 Å². The minimum absolute atomic E-state index is 0.0236. The number of ether oxygens (including phenoxy) is 1. The number of aromatic nitrogens is 1. The number of hydrogen-bond acceptors (Lipinski definition) is 5. The minimum atomic E-state index is -0.329. The number of carbonyl (C=O) groups excluding carboxylic acids is 2. The van der Waals surface area contributed by atoms with Crippen LogP contribution in [-0.2, 0) is 4.79 Å². The van der Waals surface area contributed by atoms with Gasteiger partial charge in [-0.15, -0.1) is 11.3 Å². The van der Waals surface area contributed by atoms with E-state index >= 15 is 0 Å². The molecule has 8 heteroatoms. The van der Waals surface area contributed by atoms with Gasteiger partial charge in [0.2, 0.25) is 0 Å². The molecule has 23 heavy (non-hydrogen) atoms. The van der Waals surface area contributed by atoms with Crippen LogP contribution in [0.5, 0.6) is 5.75 Å². The molecule has 0 radical (unpaired) electrons. The lowest BCUT2D eigenvalue weighted by Crippen LogP contribution is -2.31. The first kappa shape index (κ1) is 15.3. The molecule has 2 heterocycles. The molecule has 0 spiro atoms. The predicted molar refractivity (Wildman–Crippen MR) is 88.0 cm³/mol. The highest BCUT2D eigenvalue weighted by Gasteiger charge is 2.18. The maximum absolute atomic E-state index is 12.0. The zero-order chi connectivity index (χ0) is 16.4. The average molecular weight is 332 g/mol. The Bertz CT molecular complexity index is 759. The smallest absolute Gasteiger partial charge is 0.321 e. The van der Waals surface area contributed by atoms with Crippen molar-refractivity contribution in [1.82, 2.24) is 10.3 Å². The number of nitrogens with one attached hydrogen (secondary N) is 3. The molecule has 3 N–H and O–H groups in total. The fourth-order valence-corrected chi connectivity index (χ4v) is 2.88. The number of rotatable bonds is 3. The second-order valence-corrected chi connectivity index (χ2v) is 6.06. The number of benzene rings is 1. The quantitative estimate of drug-likeness (QED) is 0.806. The second-order valence-electron chi connectivity index (χ2n) is 5.21. The lowest BCUT2D eigenvalue weighted by molar-refractivity contribution is -0.118. The van der Waals surface area contributed by atoms with E-state index in [0.717, 1.165) is 11.3 Å². The predicted octanol–water partition coefficient (Wildman–Crippen LogP) is 2.67. The minimum Gasteiger partial charge on any atom is -0.482 e. The van der Waals surface area contributed by atoms with Crippen molar-refractivity contribution in [2.75, 3.05) is 17.2 Å². The van der Waals surface area contributed by atoms with Crippen LogP contribution in [0.3, 0.4) is 0 Å². The molecule has 1 aromatic heterocycles. The zero-order valence-corrected chi connectivity index (χ0v) is 13.5. The van der Waals surface area contributed by atoms with Crippen molar-refractivity contribution >= 4 is 34.1 Å². The van der Waals surface area contributed by atoms with Crippen molar-refractivity contribution in [1.29, 1.82) is 0 Å². The normalized spacial score (nSPS) is 14.3. The van der Waals surface area contributed by atoms with Crippen LogP contribution >= 0.6 is 11.3 Å². The zero-order valence-electron chi connectivity index (χ0n) is 12.7. The van der Waals surface area contributed by atoms with Gasteiger partial charge in [0.15, 0.2) is 11.7 Å². The van der Waals surface area contributed by atoms with Crippen LogP contribution in [-0.4, -0.2) is 23.5 Å². The summed E-state index contributed by atoms with van der Waals surface area (Å²) in [5.74, 6) is 0.440. The third-order valence-corrected chi connectivity index (χ3v) is 4.20. The number of carbonyl (C=O) groups is 2. The maximum atomic E-state index is 12.0. The van der Waals surface area contributed by atoms with E-state index in [4.69, 9.17) is 4.74 Å². The molecule has 1 aliphatic rings. The summed E-state index contributed by atoms with van der Waals surface area (Å²) in [6.45, 7) is 3.75. The topological polar surface area (TPSA) is 92.4 Å². The van der Waals surface area contributed by atoms with Crippen LogP contribution in [0.1, 0.15) is 24.2 Å². The Hall–Kier alpha value is -2.61. The molecule has 7 nitrogen and oxygen atoms in total. The molecule has 1 aliphatic heterocycles. The molecule has 3 amide bonds. The van der Waals surface area contributed by atoms with Gasteiger partial charge >= 0.3 is 6.03 Å². The number of hydrogen-bond donors (Lipinski definition) is 3. The summed E-state index contributed by atoms with van der Waals surface area (Å²) in [7, 11) is 0. The van der Waals surface area contributed by atoms with Crippen LogP contribution in [0, 0.1) is 6.92 Å².